The quantitative estimate of drug-likeness (QED) is 0.669. The molecule has 1 aromatic rings. The number of ether oxygens (including phenoxy) is 2. The lowest BCUT2D eigenvalue weighted by Gasteiger charge is -2.00. The summed E-state index contributed by atoms with van der Waals surface area (Å²) in [7, 11) is 2.60. The first kappa shape index (κ1) is 10.2. The van der Waals surface area contributed by atoms with E-state index in [1.54, 1.807) is 0 Å². The Morgan fingerprint density at radius 2 is 1.21 bits per heavy atom. The van der Waals surface area contributed by atoms with Gasteiger partial charge in [0.1, 0.15) is 0 Å². The number of carbonyl (C=O) groups excluding carboxylic acids is 2. The van der Waals surface area contributed by atoms with Crippen LogP contribution < -0.4 is 0 Å². The van der Waals surface area contributed by atoms with Crippen LogP contribution in [0, 0.1) is 0 Å². The van der Waals surface area contributed by atoms with Gasteiger partial charge in [0.2, 0.25) is 0 Å². The average molecular weight is 195 g/mol. The van der Waals surface area contributed by atoms with Gasteiger partial charge in [0.25, 0.3) is 0 Å². The van der Waals surface area contributed by atoms with E-state index in [1.807, 2.05) is 0 Å². The van der Waals surface area contributed by atoms with Crippen LogP contribution in [0.2, 0.25) is 0 Å². The third-order valence-electron chi connectivity index (χ3n) is 1.73. The first-order valence-corrected chi connectivity index (χ1v) is 3.95. The first-order valence-electron chi connectivity index (χ1n) is 3.95. The van der Waals surface area contributed by atoms with Crippen molar-refractivity contribution >= 4 is 11.9 Å². The van der Waals surface area contributed by atoms with Gasteiger partial charge in [-0.1, -0.05) is 0 Å². The van der Waals surface area contributed by atoms with Crippen molar-refractivity contribution in [2.24, 2.45) is 0 Å². The summed E-state index contributed by atoms with van der Waals surface area (Å²) in [6.45, 7) is 0. The van der Waals surface area contributed by atoms with Crippen LogP contribution in [-0.2, 0) is 9.47 Å². The molecule has 14 heavy (non-hydrogen) atoms. The lowest BCUT2D eigenvalue weighted by molar-refractivity contribution is 0.0586. The molecular weight excluding hydrogens is 184 g/mol. The molecule has 0 fully saturated rings. The van der Waals surface area contributed by atoms with Crippen LogP contribution in [0.15, 0.2) is 24.3 Å². The maximum Gasteiger partial charge on any atom is 0.337 e. The molecule has 4 heteroatoms. The van der Waals surface area contributed by atoms with Crippen molar-refractivity contribution in [3.05, 3.63) is 35.4 Å². The minimum Gasteiger partial charge on any atom is -0.465 e. The molecule has 0 bridgehead atoms. The highest BCUT2D eigenvalue weighted by atomic mass is 16.5. The van der Waals surface area contributed by atoms with Crippen LogP contribution in [0.5, 0.6) is 0 Å². The fraction of sp³-hybridized carbons (Fsp3) is 0.200. The largest absolute Gasteiger partial charge is 0.465 e. The highest BCUT2D eigenvalue weighted by Crippen LogP contribution is 2.06. The second-order valence-electron chi connectivity index (χ2n) is 2.56. The number of hydrogen-bond donors (Lipinski definition) is 0. The monoisotopic (exact) mass is 195 g/mol. The zero-order valence-electron chi connectivity index (χ0n) is 8.94. The summed E-state index contributed by atoms with van der Waals surface area (Å²) in [5, 5.41) is 0. The van der Waals surface area contributed by atoms with E-state index in [-0.39, 0.29) is 1.43 Å². The van der Waals surface area contributed by atoms with E-state index >= 15 is 0 Å². The smallest absolute Gasteiger partial charge is 0.337 e. The molecule has 1 radical (unpaired) electrons. The van der Waals surface area contributed by atoms with Crippen LogP contribution in [-0.4, -0.2) is 26.2 Å². The Kier molecular flexibility index (Phi) is 3.23. The molecule has 1 rings (SSSR count). The number of hydrogen-bond acceptors (Lipinski definition) is 4. The lowest BCUT2D eigenvalue weighted by atomic mass is 10.1. The maximum atomic E-state index is 11.0. The Hall–Kier alpha value is -1.84. The van der Waals surface area contributed by atoms with Gasteiger partial charge in [0.15, 0.2) is 0 Å². The Morgan fingerprint density at radius 1 is 0.929 bits per heavy atom. The minimum absolute atomic E-state index is 0. The van der Waals surface area contributed by atoms with Gasteiger partial charge in [-0.3, -0.25) is 0 Å². The van der Waals surface area contributed by atoms with E-state index in [0.717, 1.165) is 0 Å². The van der Waals surface area contributed by atoms with Crippen molar-refractivity contribution in [2.45, 2.75) is 0 Å². The van der Waals surface area contributed by atoms with Gasteiger partial charge in [0, 0.05) is 1.43 Å². The Labute approximate surface area is 82.9 Å². The zero-order chi connectivity index (χ0) is 10.6. The van der Waals surface area contributed by atoms with Gasteiger partial charge in [-0.05, 0) is 24.3 Å². The molecule has 75 valence electrons. The molecule has 0 aromatic heterocycles. The first-order chi connectivity index (χ1) is 6.69. The molecule has 0 unspecified atom stereocenters. The van der Waals surface area contributed by atoms with E-state index in [4.69, 9.17) is 0 Å². The van der Waals surface area contributed by atoms with E-state index in [2.05, 4.69) is 9.47 Å². The van der Waals surface area contributed by atoms with Crippen molar-refractivity contribution in [3.8, 4) is 0 Å². The fourth-order valence-electron chi connectivity index (χ4n) is 0.978. The lowest BCUT2D eigenvalue weighted by Crippen LogP contribution is -2.04. The summed E-state index contributed by atoms with van der Waals surface area (Å²) in [6.07, 6.45) is 0. The molecule has 4 nitrogen and oxygen atoms in total. The topological polar surface area (TPSA) is 52.6 Å². The van der Waals surface area contributed by atoms with Crippen molar-refractivity contribution in [1.29, 1.82) is 0 Å². The van der Waals surface area contributed by atoms with E-state index < -0.39 is 11.9 Å². The Balaban J connectivity index is 0.00000196. The zero-order valence-corrected chi connectivity index (χ0v) is 7.94. The number of esters is 2. The molecule has 0 aliphatic rings. The highest BCUT2D eigenvalue weighted by molar-refractivity contribution is 5.93. The summed E-state index contributed by atoms with van der Waals surface area (Å²) in [6, 6.07) is 6.05. The van der Waals surface area contributed by atoms with Crippen molar-refractivity contribution in [3.63, 3.8) is 0 Å². The Bertz CT molecular complexity index is 310. The van der Waals surface area contributed by atoms with Crippen molar-refractivity contribution in [1.82, 2.24) is 0 Å². The molecule has 0 saturated heterocycles. The summed E-state index contributed by atoms with van der Waals surface area (Å²) >= 11 is 0. The second-order valence-corrected chi connectivity index (χ2v) is 2.56. The summed E-state index contributed by atoms with van der Waals surface area (Å²) in [5.74, 6) is -0.858. The predicted molar refractivity (Wildman–Crippen MR) is 50.2 cm³/mol. The van der Waals surface area contributed by atoms with Crippen LogP contribution in [0.3, 0.4) is 0 Å². The van der Waals surface area contributed by atoms with Crippen molar-refractivity contribution in [2.75, 3.05) is 14.2 Å². The number of carbonyl (C=O) groups is 2. The van der Waals surface area contributed by atoms with E-state index in [0.29, 0.717) is 11.1 Å². The van der Waals surface area contributed by atoms with Crippen LogP contribution >= 0.6 is 0 Å². The maximum absolute atomic E-state index is 11.0. The van der Waals surface area contributed by atoms with Crippen LogP contribution in [0.25, 0.3) is 0 Å². The van der Waals surface area contributed by atoms with Gasteiger partial charge in [0.05, 0.1) is 25.3 Å². The number of methoxy groups -OCH3 is 2. The normalized spacial score (nSPS) is 9.29. The molecule has 0 atom stereocenters. The average Bonchev–Trinajstić information content (AvgIpc) is 2.27. The van der Waals surface area contributed by atoms with Crippen molar-refractivity contribution < 1.29 is 20.5 Å². The standard InChI is InChI=1S/C10H10O4.H/c1-13-9(11)7-3-5-8(6-4-7)10(12)14-2;/h3-6H,1-2H3;. The SMILES string of the molecule is COC(=O)c1ccc(C(=O)OC)cc1.[H]. The fourth-order valence-corrected chi connectivity index (χ4v) is 0.978. The summed E-state index contributed by atoms with van der Waals surface area (Å²) < 4.78 is 9.02. The second kappa shape index (κ2) is 4.41. The number of rotatable bonds is 2. The molecule has 0 amide bonds. The van der Waals surface area contributed by atoms with Gasteiger partial charge in [-0.25, -0.2) is 9.59 Å². The molecule has 0 aliphatic carbocycles. The molecule has 0 N–H and O–H groups in total. The molecular formula is C10H11O4. The molecule has 0 spiro atoms. The Morgan fingerprint density at radius 3 is 1.43 bits per heavy atom. The molecule has 0 aliphatic heterocycles. The summed E-state index contributed by atoms with van der Waals surface area (Å²) in [5.41, 5.74) is 0.806. The molecule has 0 saturated carbocycles. The number of benzene rings is 1. The summed E-state index contributed by atoms with van der Waals surface area (Å²) in [4.78, 5) is 22.1. The van der Waals surface area contributed by atoms with Gasteiger partial charge < -0.3 is 9.47 Å². The van der Waals surface area contributed by atoms with Gasteiger partial charge >= 0.3 is 11.9 Å². The van der Waals surface area contributed by atoms with Gasteiger partial charge in [-0.2, -0.15) is 0 Å². The predicted octanol–water partition coefficient (Wildman–Crippen LogP) is 1.37. The van der Waals surface area contributed by atoms with E-state index in [1.165, 1.54) is 38.5 Å². The third-order valence-corrected chi connectivity index (χ3v) is 1.73. The van der Waals surface area contributed by atoms with Crippen LogP contribution in [0.4, 0.5) is 0 Å². The van der Waals surface area contributed by atoms with Gasteiger partial charge in [-0.15, -0.1) is 0 Å². The van der Waals surface area contributed by atoms with Crippen LogP contribution in [0.1, 0.15) is 22.1 Å². The highest BCUT2D eigenvalue weighted by Gasteiger charge is 2.08. The third kappa shape index (κ3) is 2.10. The molecule has 0 heterocycles. The van der Waals surface area contributed by atoms with E-state index in [9.17, 15) is 9.59 Å². The molecule has 1 aromatic carbocycles. The minimum atomic E-state index is -0.429.